The summed E-state index contributed by atoms with van der Waals surface area (Å²) >= 11 is 0. The Labute approximate surface area is 63.8 Å². The van der Waals surface area contributed by atoms with E-state index in [0.29, 0.717) is 12.2 Å². The number of rotatable bonds is 5. The quantitative estimate of drug-likeness (QED) is 0.426. The highest BCUT2D eigenvalue weighted by Crippen LogP contribution is 2.10. The normalized spacial score (nSPS) is 27.6. The van der Waals surface area contributed by atoms with Gasteiger partial charge in [-0.3, -0.25) is 0 Å². The highest BCUT2D eigenvalue weighted by atomic mass is 28.2. The lowest BCUT2D eigenvalue weighted by molar-refractivity contribution is 0.0662. The fraction of sp³-hybridized carbons (Fsp3) is 1.00. The van der Waals surface area contributed by atoms with Gasteiger partial charge in [0.25, 0.3) is 0 Å². The molecular weight excluding hydrogens is 146 g/mol. The fourth-order valence-electron chi connectivity index (χ4n) is 0.754. The summed E-state index contributed by atoms with van der Waals surface area (Å²) in [5.74, 6) is 0. The molecule has 1 rings (SSSR count). The number of hydrogen-bond donors (Lipinski definition) is 1. The summed E-state index contributed by atoms with van der Waals surface area (Å²) in [6.45, 7) is 3.71. The molecular formula is C6H15NO2Si. The molecule has 0 aromatic carbocycles. The third-order valence-corrected chi connectivity index (χ3v) is 2.69. The molecule has 0 aliphatic carbocycles. The molecule has 1 heterocycles. The van der Waals surface area contributed by atoms with Crippen LogP contribution in [0.5, 0.6) is 0 Å². The Morgan fingerprint density at radius 2 is 2.60 bits per heavy atom. The first-order valence-electron chi connectivity index (χ1n) is 3.76. The van der Waals surface area contributed by atoms with Crippen LogP contribution in [0.15, 0.2) is 0 Å². The zero-order valence-electron chi connectivity index (χ0n) is 6.38. The summed E-state index contributed by atoms with van der Waals surface area (Å²) in [5, 5.41) is 5.48. The van der Waals surface area contributed by atoms with Crippen molar-refractivity contribution in [2.24, 2.45) is 5.40 Å². The maximum atomic E-state index is 5.48. The Hall–Kier alpha value is 0.0969. The minimum absolute atomic E-state index is 0.324. The van der Waals surface area contributed by atoms with Crippen molar-refractivity contribution in [1.82, 2.24) is 0 Å². The van der Waals surface area contributed by atoms with Gasteiger partial charge in [0.05, 0.1) is 29.0 Å². The van der Waals surface area contributed by atoms with E-state index in [0.717, 1.165) is 19.3 Å². The lowest BCUT2D eigenvalue weighted by Gasteiger charge is -2.09. The average molecular weight is 161 g/mol. The molecule has 3 nitrogen and oxygen atoms in total. The summed E-state index contributed by atoms with van der Waals surface area (Å²) < 4.78 is 10.4. The van der Waals surface area contributed by atoms with E-state index >= 15 is 0 Å². The summed E-state index contributed by atoms with van der Waals surface area (Å²) in [6, 6.07) is 1.08. The number of epoxide rings is 1. The van der Waals surface area contributed by atoms with Crippen molar-refractivity contribution in [2.45, 2.75) is 25.2 Å². The predicted octanol–water partition coefficient (Wildman–Crippen LogP) is -0.749. The molecule has 0 saturated carbocycles. The van der Waals surface area contributed by atoms with Crippen LogP contribution in [0.25, 0.3) is 0 Å². The molecule has 2 unspecified atom stereocenters. The van der Waals surface area contributed by atoms with Gasteiger partial charge in [0.1, 0.15) is 6.10 Å². The molecule has 1 aliphatic heterocycles. The second kappa shape index (κ2) is 4.08. The van der Waals surface area contributed by atoms with Crippen LogP contribution in [0, 0.1) is 0 Å². The highest BCUT2D eigenvalue weighted by molar-refractivity contribution is 6.31. The van der Waals surface area contributed by atoms with Crippen molar-refractivity contribution in [3.63, 3.8) is 0 Å². The van der Waals surface area contributed by atoms with E-state index in [-0.39, 0.29) is 9.68 Å². The van der Waals surface area contributed by atoms with Gasteiger partial charge in [-0.05, 0) is 13.0 Å². The van der Waals surface area contributed by atoms with Crippen LogP contribution >= 0.6 is 0 Å². The van der Waals surface area contributed by atoms with Gasteiger partial charge in [0.2, 0.25) is 0 Å². The average Bonchev–Trinajstić information content (AvgIpc) is 2.67. The third kappa shape index (κ3) is 3.31. The Morgan fingerprint density at radius 3 is 3.10 bits per heavy atom. The maximum absolute atomic E-state index is 5.48. The summed E-state index contributed by atoms with van der Waals surface area (Å²) in [6.07, 6.45) is 0.739. The fourth-order valence-corrected chi connectivity index (χ4v) is 1.39. The van der Waals surface area contributed by atoms with Gasteiger partial charge in [-0.2, -0.15) is 0 Å². The van der Waals surface area contributed by atoms with Gasteiger partial charge < -0.3 is 14.9 Å². The SMILES string of the molecule is CC(C[SiH2]N)OCC1CO1. The van der Waals surface area contributed by atoms with E-state index in [1.807, 2.05) is 0 Å². The van der Waals surface area contributed by atoms with Crippen LogP contribution in [0.4, 0.5) is 0 Å². The van der Waals surface area contributed by atoms with E-state index in [1.165, 1.54) is 0 Å². The first kappa shape index (κ1) is 8.20. The van der Waals surface area contributed by atoms with Crippen LogP contribution < -0.4 is 5.40 Å². The Kier molecular flexibility index (Phi) is 3.34. The molecule has 2 atom stereocenters. The van der Waals surface area contributed by atoms with Crippen LogP contribution in [0.1, 0.15) is 6.92 Å². The number of ether oxygens (including phenoxy) is 2. The van der Waals surface area contributed by atoms with Gasteiger partial charge in [-0.25, -0.2) is 0 Å². The Bertz CT molecular complexity index is 97.7. The van der Waals surface area contributed by atoms with Gasteiger partial charge in [-0.15, -0.1) is 0 Å². The molecule has 1 fully saturated rings. The molecule has 60 valence electrons. The second-order valence-corrected chi connectivity index (χ2v) is 3.83. The monoisotopic (exact) mass is 161 g/mol. The second-order valence-electron chi connectivity index (χ2n) is 2.68. The standard InChI is InChI=1S/C6H15NO2Si/c1-5(4-10-7)8-2-6-3-9-6/h5-6H,2-4,7,10H2,1H3. The van der Waals surface area contributed by atoms with Crippen molar-refractivity contribution in [2.75, 3.05) is 13.2 Å². The Morgan fingerprint density at radius 1 is 1.90 bits per heavy atom. The smallest absolute Gasteiger partial charge is 0.104 e. The first-order valence-corrected chi connectivity index (χ1v) is 5.58. The highest BCUT2D eigenvalue weighted by Gasteiger charge is 2.22. The van der Waals surface area contributed by atoms with E-state index in [2.05, 4.69) is 6.92 Å². The first-order chi connectivity index (χ1) is 4.83. The zero-order valence-corrected chi connectivity index (χ0v) is 7.79. The summed E-state index contributed by atoms with van der Waals surface area (Å²) in [5.41, 5.74) is 0. The lowest BCUT2D eigenvalue weighted by Crippen LogP contribution is -2.18. The van der Waals surface area contributed by atoms with E-state index < -0.39 is 0 Å². The Balaban J connectivity index is 1.89. The molecule has 0 aromatic rings. The largest absolute Gasteiger partial charge is 0.376 e. The summed E-state index contributed by atoms with van der Waals surface area (Å²) in [7, 11) is -0.324. The van der Waals surface area contributed by atoms with Gasteiger partial charge in [0, 0.05) is 0 Å². The number of hydrogen-bond acceptors (Lipinski definition) is 3. The van der Waals surface area contributed by atoms with E-state index in [1.54, 1.807) is 0 Å². The van der Waals surface area contributed by atoms with E-state index in [9.17, 15) is 0 Å². The molecule has 10 heavy (non-hydrogen) atoms. The van der Waals surface area contributed by atoms with Crippen molar-refractivity contribution in [3.8, 4) is 0 Å². The van der Waals surface area contributed by atoms with Crippen molar-refractivity contribution in [1.29, 1.82) is 0 Å². The van der Waals surface area contributed by atoms with Gasteiger partial charge >= 0.3 is 0 Å². The maximum Gasteiger partial charge on any atom is 0.104 e. The molecule has 1 saturated heterocycles. The minimum Gasteiger partial charge on any atom is -0.376 e. The van der Waals surface area contributed by atoms with Crippen molar-refractivity contribution < 1.29 is 9.47 Å². The minimum atomic E-state index is -0.324. The topological polar surface area (TPSA) is 47.8 Å². The molecule has 1 aliphatic rings. The van der Waals surface area contributed by atoms with Crippen LogP contribution in [0.2, 0.25) is 6.04 Å². The molecule has 0 radical (unpaired) electrons. The van der Waals surface area contributed by atoms with Crippen LogP contribution in [-0.2, 0) is 9.47 Å². The molecule has 0 amide bonds. The molecule has 0 spiro atoms. The van der Waals surface area contributed by atoms with Crippen LogP contribution in [0.3, 0.4) is 0 Å². The molecule has 4 heteroatoms. The molecule has 2 N–H and O–H groups in total. The lowest BCUT2D eigenvalue weighted by atomic mass is 10.4. The van der Waals surface area contributed by atoms with Crippen LogP contribution in [-0.4, -0.2) is 35.1 Å². The third-order valence-electron chi connectivity index (χ3n) is 1.54. The molecule has 0 bridgehead atoms. The van der Waals surface area contributed by atoms with Crippen molar-refractivity contribution >= 4 is 9.68 Å². The van der Waals surface area contributed by atoms with Gasteiger partial charge in [0.15, 0.2) is 0 Å². The zero-order chi connectivity index (χ0) is 7.40. The number of nitrogens with two attached hydrogens (primary N) is 1. The van der Waals surface area contributed by atoms with Crippen molar-refractivity contribution in [3.05, 3.63) is 0 Å². The summed E-state index contributed by atoms with van der Waals surface area (Å²) in [4.78, 5) is 0. The van der Waals surface area contributed by atoms with Gasteiger partial charge in [-0.1, -0.05) is 0 Å². The molecule has 0 aromatic heterocycles. The van der Waals surface area contributed by atoms with E-state index in [4.69, 9.17) is 14.9 Å². The predicted molar refractivity (Wildman–Crippen MR) is 42.7 cm³/mol.